The molecule has 5 nitrogen and oxygen atoms in total. The summed E-state index contributed by atoms with van der Waals surface area (Å²) in [6.07, 6.45) is 3.64. The lowest BCUT2D eigenvalue weighted by molar-refractivity contribution is -0.130. The zero-order valence-corrected chi connectivity index (χ0v) is 12.6. The summed E-state index contributed by atoms with van der Waals surface area (Å²) < 4.78 is 0. The summed E-state index contributed by atoms with van der Waals surface area (Å²) in [5.41, 5.74) is -0.731. The lowest BCUT2D eigenvalue weighted by Crippen LogP contribution is -2.55. The third-order valence-electron chi connectivity index (χ3n) is 3.28. The second-order valence-electron chi connectivity index (χ2n) is 6.34. The zero-order valence-electron chi connectivity index (χ0n) is 12.6. The topological polar surface area (TPSA) is 70.2 Å². The molecule has 2 amide bonds. The summed E-state index contributed by atoms with van der Waals surface area (Å²) in [4.78, 5) is 24.0. The number of carbonyl (C=O) groups is 2. The van der Waals surface area contributed by atoms with Gasteiger partial charge in [-0.15, -0.1) is 0 Å². The summed E-state index contributed by atoms with van der Waals surface area (Å²) in [6, 6.07) is 0. The number of hydrogen-bond donors (Lipinski definition) is 3. The minimum Gasteiger partial charge on any atom is -0.350 e. The third-order valence-corrected chi connectivity index (χ3v) is 3.28. The van der Waals surface area contributed by atoms with E-state index in [-0.39, 0.29) is 23.9 Å². The van der Waals surface area contributed by atoms with Crippen LogP contribution < -0.4 is 16.0 Å². The summed E-state index contributed by atoms with van der Waals surface area (Å²) in [5, 5.41) is 8.89. The van der Waals surface area contributed by atoms with Gasteiger partial charge < -0.3 is 16.0 Å². The minimum absolute atomic E-state index is 0.0449. The first-order valence-corrected chi connectivity index (χ1v) is 7.13. The Kier molecular flexibility index (Phi) is 5.35. The second kappa shape index (κ2) is 6.37. The van der Waals surface area contributed by atoms with Crippen LogP contribution in [0, 0.1) is 0 Å². The van der Waals surface area contributed by atoms with Gasteiger partial charge in [0, 0.05) is 5.54 Å². The van der Waals surface area contributed by atoms with E-state index in [1.165, 1.54) is 0 Å². The fourth-order valence-corrected chi connectivity index (χ4v) is 2.55. The Balaban J connectivity index is 2.47. The molecule has 0 aromatic rings. The van der Waals surface area contributed by atoms with Crippen molar-refractivity contribution in [2.75, 3.05) is 13.1 Å². The Labute approximate surface area is 115 Å². The highest BCUT2D eigenvalue weighted by molar-refractivity contribution is 5.90. The molecule has 1 heterocycles. The van der Waals surface area contributed by atoms with Crippen molar-refractivity contribution in [3.05, 3.63) is 0 Å². The van der Waals surface area contributed by atoms with E-state index in [1.54, 1.807) is 0 Å². The first kappa shape index (κ1) is 16.0. The maximum atomic E-state index is 12.3. The molecular weight excluding hydrogens is 242 g/mol. The van der Waals surface area contributed by atoms with Crippen LogP contribution in [-0.4, -0.2) is 36.0 Å². The first-order chi connectivity index (χ1) is 8.79. The maximum absolute atomic E-state index is 12.3. The van der Waals surface area contributed by atoms with Crippen LogP contribution in [0.2, 0.25) is 0 Å². The van der Waals surface area contributed by atoms with Crippen LogP contribution in [-0.2, 0) is 9.59 Å². The Hall–Kier alpha value is -1.10. The molecule has 1 rings (SSSR count). The van der Waals surface area contributed by atoms with Crippen molar-refractivity contribution >= 4 is 11.8 Å². The third kappa shape index (κ3) is 4.82. The molecule has 19 heavy (non-hydrogen) atoms. The Bertz CT molecular complexity index is 328. The lowest BCUT2D eigenvalue weighted by atomic mass is 9.91. The smallest absolute Gasteiger partial charge is 0.240 e. The monoisotopic (exact) mass is 269 g/mol. The Morgan fingerprint density at radius 2 is 2.00 bits per heavy atom. The van der Waals surface area contributed by atoms with Crippen molar-refractivity contribution in [3.63, 3.8) is 0 Å². The quantitative estimate of drug-likeness (QED) is 0.695. The fraction of sp³-hybridized carbons (Fsp3) is 0.857. The van der Waals surface area contributed by atoms with E-state index >= 15 is 0 Å². The van der Waals surface area contributed by atoms with Crippen LogP contribution in [0.5, 0.6) is 0 Å². The van der Waals surface area contributed by atoms with Gasteiger partial charge in [-0.25, -0.2) is 0 Å². The fourth-order valence-electron chi connectivity index (χ4n) is 2.55. The minimum atomic E-state index is -0.462. The average molecular weight is 269 g/mol. The van der Waals surface area contributed by atoms with Crippen molar-refractivity contribution in [1.29, 1.82) is 0 Å². The van der Waals surface area contributed by atoms with E-state index in [4.69, 9.17) is 0 Å². The largest absolute Gasteiger partial charge is 0.350 e. The molecule has 0 aromatic carbocycles. The van der Waals surface area contributed by atoms with E-state index in [0.717, 1.165) is 32.2 Å². The highest BCUT2D eigenvalue weighted by atomic mass is 16.2. The van der Waals surface area contributed by atoms with Gasteiger partial charge in [0.1, 0.15) is 0 Å². The number of hydrogen-bond acceptors (Lipinski definition) is 3. The maximum Gasteiger partial charge on any atom is 0.240 e. The number of amides is 2. The molecule has 1 atom stereocenters. The molecule has 0 aromatic heterocycles. The number of nitrogens with one attached hydrogen (secondary N) is 3. The molecule has 1 unspecified atom stereocenters. The highest BCUT2D eigenvalue weighted by Crippen LogP contribution is 2.24. The molecule has 0 saturated carbocycles. The van der Waals surface area contributed by atoms with Crippen molar-refractivity contribution in [3.8, 4) is 0 Å². The molecule has 0 radical (unpaired) electrons. The van der Waals surface area contributed by atoms with Crippen molar-refractivity contribution < 1.29 is 9.59 Å². The van der Waals surface area contributed by atoms with Gasteiger partial charge in [0.2, 0.25) is 11.8 Å². The summed E-state index contributed by atoms with van der Waals surface area (Å²) in [5.74, 6) is -0.193. The predicted octanol–water partition coefficient (Wildman–Crippen LogP) is 0.940. The molecule has 5 heteroatoms. The number of carbonyl (C=O) groups excluding carboxylic acids is 2. The van der Waals surface area contributed by atoms with Crippen LogP contribution >= 0.6 is 0 Å². The van der Waals surface area contributed by atoms with Gasteiger partial charge in [0.25, 0.3) is 0 Å². The standard InChI is InChI=1S/C14H27N3O2/c1-5-7-14(8-6-9-16-14)12(19)15-10-11(18)17-13(2,3)4/h16H,5-10H2,1-4H3,(H,15,19)(H,17,18). The molecule has 0 spiro atoms. The van der Waals surface area contributed by atoms with E-state index in [0.29, 0.717) is 0 Å². The highest BCUT2D eigenvalue weighted by Gasteiger charge is 2.39. The van der Waals surface area contributed by atoms with Gasteiger partial charge in [0.15, 0.2) is 0 Å². The molecule has 1 saturated heterocycles. The molecule has 1 fully saturated rings. The molecule has 110 valence electrons. The van der Waals surface area contributed by atoms with Gasteiger partial charge in [0.05, 0.1) is 12.1 Å². The van der Waals surface area contributed by atoms with Crippen molar-refractivity contribution in [2.24, 2.45) is 0 Å². The van der Waals surface area contributed by atoms with Gasteiger partial charge >= 0.3 is 0 Å². The average Bonchev–Trinajstić information content (AvgIpc) is 2.74. The van der Waals surface area contributed by atoms with Crippen LogP contribution in [0.15, 0.2) is 0 Å². The molecule has 1 aliphatic rings. The molecular formula is C14H27N3O2. The Morgan fingerprint density at radius 3 is 2.47 bits per heavy atom. The second-order valence-corrected chi connectivity index (χ2v) is 6.34. The van der Waals surface area contributed by atoms with E-state index in [1.807, 2.05) is 20.8 Å². The van der Waals surface area contributed by atoms with Crippen LogP contribution in [0.4, 0.5) is 0 Å². The van der Waals surface area contributed by atoms with Crippen LogP contribution in [0.25, 0.3) is 0 Å². The van der Waals surface area contributed by atoms with Crippen molar-refractivity contribution in [1.82, 2.24) is 16.0 Å². The lowest BCUT2D eigenvalue weighted by Gasteiger charge is -2.28. The Morgan fingerprint density at radius 1 is 1.32 bits per heavy atom. The molecule has 0 bridgehead atoms. The van der Waals surface area contributed by atoms with E-state index in [9.17, 15) is 9.59 Å². The molecule has 3 N–H and O–H groups in total. The van der Waals surface area contributed by atoms with Gasteiger partial charge in [-0.1, -0.05) is 13.3 Å². The summed E-state index contributed by atoms with van der Waals surface area (Å²) in [7, 11) is 0. The predicted molar refractivity (Wildman–Crippen MR) is 75.8 cm³/mol. The number of rotatable bonds is 5. The van der Waals surface area contributed by atoms with E-state index in [2.05, 4.69) is 22.9 Å². The molecule has 0 aliphatic carbocycles. The van der Waals surface area contributed by atoms with Crippen LogP contribution in [0.3, 0.4) is 0 Å². The first-order valence-electron chi connectivity index (χ1n) is 7.13. The van der Waals surface area contributed by atoms with Crippen molar-refractivity contribution in [2.45, 2.75) is 64.5 Å². The zero-order chi connectivity index (χ0) is 14.5. The van der Waals surface area contributed by atoms with Crippen LogP contribution in [0.1, 0.15) is 53.4 Å². The van der Waals surface area contributed by atoms with Gasteiger partial charge in [-0.3, -0.25) is 9.59 Å². The summed E-state index contributed by atoms with van der Waals surface area (Å²) >= 11 is 0. The van der Waals surface area contributed by atoms with E-state index < -0.39 is 5.54 Å². The summed E-state index contributed by atoms with van der Waals surface area (Å²) in [6.45, 7) is 8.75. The molecule has 1 aliphatic heterocycles. The normalized spacial score (nSPS) is 23.2. The SMILES string of the molecule is CCCC1(C(=O)NCC(=O)NC(C)(C)C)CCCN1. The van der Waals surface area contributed by atoms with Gasteiger partial charge in [-0.05, 0) is 46.6 Å². The van der Waals surface area contributed by atoms with Gasteiger partial charge in [-0.2, -0.15) is 0 Å².